The standard InChI is InChI=1S/C12H17ClN2O2S/c1-12(2,3)18(17)7-6-14-11(16)9-4-5-10(13)15-8-9/h4-5,8H,6-7H2,1-3H3,(H,14,16)/t18-/m0/s1. The number of pyridine rings is 1. The smallest absolute Gasteiger partial charge is 0.252 e. The Morgan fingerprint density at radius 3 is 2.61 bits per heavy atom. The lowest BCUT2D eigenvalue weighted by molar-refractivity contribution is 0.0956. The molecule has 0 unspecified atom stereocenters. The molecule has 0 aliphatic rings. The fourth-order valence-corrected chi connectivity index (χ4v) is 2.19. The first-order chi connectivity index (χ1) is 8.30. The molecule has 1 heterocycles. The van der Waals surface area contributed by atoms with Crippen molar-refractivity contribution in [2.24, 2.45) is 0 Å². The van der Waals surface area contributed by atoms with Crippen LogP contribution in [-0.4, -0.2) is 32.1 Å². The molecule has 0 aromatic carbocycles. The van der Waals surface area contributed by atoms with E-state index >= 15 is 0 Å². The number of hydrogen-bond donors (Lipinski definition) is 1. The lowest BCUT2D eigenvalue weighted by Gasteiger charge is -2.17. The van der Waals surface area contributed by atoms with Crippen LogP contribution in [0.25, 0.3) is 0 Å². The van der Waals surface area contributed by atoms with Gasteiger partial charge in [-0.3, -0.25) is 9.00 Å². The summed E-state index contributed by atoms with van der Waals surface area (Å²) >= 11 is 5.63. The van der Waals surface area contributed by atoms with Crippen LogP contribution in [0.4, 0.5) is 0 Å². The van der Waals surface area contributed by atoms with Gasteiger partial charge in [0.2, 0.25) is 0 Å². The average molecular weight is 289 g/mol. The van der Waals surface area contributed by atoms with Gasteiger partial charge in [-0.05, 0) is 32.9 Å². The lowest BCUT2D eigenvalue weighted by Crippen LogP contribution is -2.32. The zero-order chi connectivity index (χ0) is 13.8. The van der Waals surface area contributed by atoms with Crippen molar-refractivity contribution in [1.29, 1.82) is 0 Å². The Labute approximate surface area is 115 Å². The molecule has 0 saturated carbocycles. The molecule has 0 radical (unpaired) electrons. The molecule has 0 aliphatic carbocycles. The van der Waals surface area contributed by atoms with Gasteiger partial charge in [0.15, 0.2) is 0 Å². The molecule has 0 aliphatic heterocycles. The van der Waals surface area contributed by atoms with Gasteiger partial charge in [0.05, 0.1) is 5.56 Å². The molecule has 1 rings (SSSR count). The Morgan fingerprint density at radius 1 is 1.44 bits per heavy atom. The van der Waals surface area contributed by atoms with Gasteiger partial charge < -0.3 is 5.32 Å². The van der Waals surface area contributed by atoms with Crippen LogP contribution < -0.4 is 5.32 Å². The summed E-state index contributed by atoms with van der Waals surface area (Å²) in [7, 11) is -0.965. The number of carbonyl (C=O) groups is 1. The van der Waals surface area contributed by atoms with Crippen LogP contribution in [0.15, 0.2) is 18.3 Å². The number of rotatable bonds is 4. The monoisotopic (exact) mass is 288 g/mol. The number of halogens is 1. The van der Waals surface area contributed by atoms with Crippen LogP contribution in [0, 0.1) is 0 Å². The Morgan fingerprint density at radius 2 is 2.11 bits per heavy atom. The molecule has 1 atom stereocenters. The van der Waals surface area contributed by atoms with Gasteiger partial charge in [0.1, 0.15) is 5.15 Å². The number of aromatic nitrogens is 1. The molecule has 0 bridgehead atoms. The van der Waals surface area contributed by atoms with E-state index in [1.807, 2.05) is 20.8 Å². The first-order valence-electron chi connectivity index (χ1n) is 5.59. The topological polar surface area (TPSA) is 59.1 Å². The van der Waals surface area contributed by atoms with E-state index in [2.05, 4.69) is 10.3 Å². The van der Waals surface area contributed by atoms with Crippen LogP contribution >= 0.6 is 11.6 Å². The Bertz CT molecular complexity index is 440. The third-order valence-electron chi connectivity index (χ3n) is 2.25. The van der Waals surface area contributed by atoms with Gasteiger partial charge >= 0.3 is 0 Å². The van der Waals surface area contributed by atoms with E-state index in [1.165, 1.54) is 6.20 Å². The summed E-state index contributed by atoms with van der Waals surface area (Å²) in [6, 6.07) is 3.16. The molecular formula is C12H17ClN2O2S. The molecular weight excluding hydrogens is 272 g/mol. The number of nitrogens with one attached hydrogen (secondary N) is 1. The Kier molecular flexibility index (Phi) is 5.28. The quantitative estimate of drug-likeness (QED) is 0.862. The molecule has 1 amide bonds. The number of amides is 1. The van der Waals surface area contributed by atoms with Crippen LogP contribution in [0.5, 0.6) is 0 Å². The van der Waals surface area contributed by atoms with Crippen LogP contribution in [-0.2, 0) is 10.8 Å². The van der Waals surface area contributed by atoms with E-state index in [4.69, 9.17) is 11.6 Å². The molecule has 1 aromatic rings. The Balaban J connectivity index is 2.43. The zero-order valence-electron chi connectivity index (χ0n) is 10.7. The maximum absolute atomic E-state index is 11.8. The maximum atomic E-state index is 11.8. The molecule has 0 saturated heterocycles. The third-order valence-corrected chi connectivity index (χ3v) is 4.41. The zero-order valence-corrected chi connectivity index (χ0v) is 12.3. The highest BCUT2D eigenvalue weighted by atomic mass is 35.5. The summed E-state index contributed by atoms with van der Waals surface area (Å²) in [5, 5.41) is 3.05. The summed E-state index contributed by atoms with van der Waals surface area (Å²) in [5.74, 6) is 0.209. The van der Waals surface area contributed by atoms with Crippen molar-refractivity contribution in [2.75, 3.05) is 12.3 Å². The number of hydrogen-bond acceptors (Lipinski definition) is 3. The second kappa shape index (κ2) is 6.29. The highest BCUT2D eigenvalue weighted by Gasteiger charge is 2.18. The summed E-state index contributed by atoms with van der Waals surface area (Å²) < 4.78 is 11.5. The predicted octanol–water partition coefficient (Wildman–Crippen LogP) is 2.01. The second-order valence-electron chi connectivity index (χ2n) is 4.79. The first kappa shape index (κ1) is 15.1. The molecule has 18 heavy (non-hydrogen) atoms. The van der Waals surface area contributed by atoms with E-state index in [9.17, 15) is 9.00 Å². The van der Waals surface area contributed by atoms with Crippen molar-refractivity contribution in [3.05, 3.63) is 29.0 Å². The van der Waals surface area contributed by atoms with Gasteiger partial charge in [-0.25, -0.2) is 4.98 Å². The maximum Gasteiger partial charge on any atom is 0.252 e. The van der Waals surface area contributed by atoms with Crippen molar-refractivity contribution in [1.82, 2.24) is 10.3 Å². The summed E-state index contributed by atoms with van der Waals surface area (Å²) in [5.41, 5.74) is 0.445. The van der Waals surface area contributed by atoms with Crippen LogP contribution in [0.2, 0.25) is 5.15 Å². The third kappa shape index (κ3) is 4.74. The molecule has 0 fully saturated rings. The largest absolute Gasteiger partial charge is 0.351 e. The van der Waals surface area contributed by atoms with E-state index in [-0.39, 0.29) is 10.7 Å². The molecule has 100 valence electrons. The van der Waals surface area contributed by atoms with Crippen LogP contribution in [0.1, 0.15) is 31.1 Å². The van der Waals surface area contributed by atoms with E-state index in [0.717, 1.165) is 0 Å². The first-order valence-corrected chi connectivity index (χ1v) is 7.28. The summed E-state index contributed by atoms with van der Waals surface area (Å²) in [4.78, 5) is 15.5. The highest BCUT2D eigenvalue weighted by molar-refractivity contribution is 7.86. The van der Waals surface area contributed by atoms with Crippen molar-refractivity contribution < 1.29 is 9.00 Å². The van der Waals surface area contributed by atoms with E-state index < -0.39 is 10.8 Å². The molecule has 4 nitrogen and oxygen atoms in total. The van der Waals surface area contributed by atoms with Gasteiger partial charge in [-0.15, -0.1) is 0 Å². The van der Waals surface area contributed by atoms with Gasteiger partial charge in [-0.2, -0.15) is 0 Å². The minimum atomic E-state index is -0.965. The molecule has 0 spiro atoms. The van der Waals surface area contributed by atoms with Gasteiger partial charge in [0.25, 0.3) is 5.91 Å². The van der Waals surface area contributed by atoms with Gasteiger partial charge in [0, 0.05) is 34.0 Å². The second-order valence-corrected chi connectivity index (χ2v) is 7.50. The van der Waals surface area contributed by atoms with Crippen molar-refractivity contribution in [2.45, 2.75) is 25.5 Å². The predicted molar refractivity (Wildman–Crippen MR) is 74.3 cm³/mol. The Hall–Kier alpha value is -0.940. The fourth-order valence-electron chi connectivity index (χ4n) is 1.18. The van der Waals surface area contributed by atoms with E-state index in [1.54, 1.807) is 12.1 Å². The van der Waals surface area contributed by atoms with E-state index in [0.29, 0.717) is 23.0 Å². The lowest BCUT2D eigenvalue weighted by atomic mass is 10.3. The van der Waals surface area contributed by atoms with Crippen molar-refractivity contribution >= 4 is 28.3 Å². The van der Waals surface area contributed by atoms with Gasteiger partial charge in [-0.1, -0.05) is 11.6 Å². The minimum absolute atomic E-state index is 0.231. The van der Waals surface area contributed by atoms with Crippen molar-refractivity contribution in [3.63, 3.8) is 0 Å². The fraction of sp³-hybridized carbons (Fsp3) is 0.500. The van der Waals surface area contributed by atoms with Crippen LogP contribution in [0.3, 0.4) is 0 Å². The average Bonchev–Trinajstić information content (AvgIpc) is 2.28. The molecule has 6 heteroatoms. The number of nitrogens with zero attached hydrogens (tertiary/aromatic N) is 1. The molecule has 1 aromatic heterocycles. The van der Waals surface area contributed by atoms with Crippen molar-refractivity contribution in [3.8, 4) is 0 Å². The summed E-state index contributed by atoms with van der Waals surface area (Å²) in [6.07, 6.45) is 1.42. The summed E-state index contributed by atoms with van der Waals surface area (Å²) in [6.45, 7) is 6.11. The SMILES string of the molecule is CC(C)(C)[S@@](=O)CCNC(=O)c1ccc(Cl)nc1. The molecule has 1 N–H and O–H groups in total. The highest BCUT2D eigenvalue weighted by Crippen LogP contribution is 2.10. The normalized spacial score (nSPS) is 13.1. The minimum Gasteiger partial charge on any atom is -0.351 e. The number of carbonyl (C=O) groups excluding carboxylic acids is 1.